The van der Waals surface area contributed by atoms with Crippen LogP contribution in [0.3, 0.4) is 0 Å². The van der Waals surface area contributed by atoms with E-state index >= 15 is 0 Å². The summed E-state index contributed by atoms with van der Waals surface area (Å²) in [6.07, 6.45) is 3.74. The second kappa shape index (κ2) is 9.07. The molecule has 142 valence electrons. The van der Waals surface area contributed by atoms with Crippen LogP contribution in [0.5, 0.6) is 0 Å². The highest BCUT2D eigenvalue weighted by Crippen LogP contribution is 2.27. The number of halogens is 1. The number of likely N-dealkylation sites (tertiary alicyclic amines) is 1. The van der Waals surface area contributed by atoms with Crippen LogP contribution in [0.4, 0.5) is 0 Å². The molecule has 4 heteroatoms. The van der Waals surface area contributed by atoms with E-state index < -0.39 is 0 Å². The van der Waals surface area contributed by atoms with Crippen molar-refractivity contribution >= 4 is 11.6 Å². The topological polar surface area (TPSA) is 28.4 Å². The summed E-state index contributed by atoms with van der Waals surface area (Å²) in [6.45, 7) is 11.1. The number of nitrogens with one attached hydrogen (secondary N) is 1. The number of hydrogen-bond donors (Lipinski definition) is 1. The molecule has 0 aliphatic carbocycles. The molecule has 26 heavy (non-hydrogen) atoms. The number of rotatable bonds is 7. The van der Waals surface area contributed by atoms with Crippen molar-refractivity contribution < 1.29 is 4.42 Å². The predicted molar refractivity (Wildman–Crippen MR) is 110 cm³/mol. The van der Waals surface area contributed by atoms with Crippen molar-refractivity contribution in [1.82, 2.24) is 10.2 Å². The van der Waals surface area contributed by atoms with E-state index in [0.29, 0.717) is 6.04 Å². The summed E-state index contributed by atoms with van der Waals surface area (Å²) in [5, 5.41) is 4.44. The van der Waals surface area contributed by atoms with Crippen LogP contribution < -0.4 is 5.32 Å². The minimum absolute atomic E-state index is 0.590. The van der Waals surface area contributed by atoms with E-state index in [-0.39, 0.29) is 0 Å². The summed E-state index contributed by atoms with van der Waals surface area (Å²) in [5.41, 5.74) is 2.12. The first-order chi connectivity index (χ1) is 12.5. The quantitative estimate of drug-likeness (QED) is 0.692. The zero-order valence-corrected chi connectivity index (χ0v) is 17.0. The lowest BCUT2D eigenvalue weighted by Crippen LogP contribution is -2.42. The highest BCUT2D eigenvalue weighted by molar-refractivity contribution is 6.31. The molecular formula is C22H31ClN2O. The molecular weight excluding hydrogens is 344 g/mol. The Labute approximate surface area is 162 Å². The average Bonchev–Trinajstić information content (AvgIpc) is 3.10. The van der Waals surface area contributed by atoms with Crippen LogP contribution >= 0.6 is 11.6 Å². The Morgan fingerprint density at radius 1 is 1.19 bits per heavy atom. The molecule has 0 atom stereocenters. The van der Waals surface area contributed by atoms with Crippen LogP contribution in [0, 0.1) is 12.8 Å². The van der Waals surface area contributed by atoms with Crippen molar-refractivity contribution in [2.75, 3.05) is 19.6 Å². The fourth-order valence-corrected chi connectivity index (χ4v) is 3.60. The highest BCUT2D eigenvalue weighted by Gasteiger charge is 2.19. The molecule has 1 aliphatic rings. The molecule has 1 aromatic carbocycles. The first kappa shape index (κ1) is 19.5. The molecule has 2 aromatic rings. The smallest absolute Gasteiger partial charge is 0.134 e. The summed E-state index contributed by atoms with van der Waals surface area (Å²) < 4.78 is 6.01. The SMILES string of the molecule is Cc1ccc(-c2ccc(CNC3CCN(CCC(C)C)CC3)o2)cc1Cl. The van der Waals surface area contributed by atoms with E-state index in [0.717, 1.165) is 40.1 Å². The number of hydrogen-bond acceptors (Lipinski definition) is 3. The summed E-state index contributed by atoms with van der Waals surface area (Å²) in [7, 11) is 0. The number of nitrogens with zero attached hydrogens (tertiary/aromatic N) is 1. The zero-order valence-electron chi connectivity index (χ0n) is 16.2. The molecule has 1 fully saturated rings. The maximum absolute atomic E-state index is 6.23. The Balaban J connectivity index is 1.46. The first-order valence-corrected chi connectivity index (χ1v) is 10.2. The highest BCUT2D eigenvalue weighted by atomic mass is 35.5. The second-order valence-electron chi connectivity index (χ2n) is 7.91. The van der Waals surface area contributed by atoms with Crippen molar-refractivity contribution in [3.63, 3.8) is 0 Å². The normalized spacial score (nSPS) is 16.5. The minimum atomic E-state index is 0.590. The molecule has 3 nitrogen and oxygen atoms in total. The van der Waals surface area contributed by atoms with Gasteiger partial charge in [-0.2, -0.15) is 0 Å². The van der Waals surface area contributed by atoms with Crippen molar-refractivity contribution in [1.29, 1.82) is 0 Å². The lowest BCUT2D eigenvalue weighted by Gasteiger charge is -2.32. The molecule has 0 spiro atoms. The van der Waals surface area contributed by atoms with Gasteiger partial charge in [-0.1, -0.05) is 37.6 Å². The molecule has 0 saturated carbocycles. The molecule has 0 radical (unpaired) electrons. The Kier molecular flexibility index (Phi) is 6.80. The fourth-order valence-electron chi connectivity index (χ4n) is 3.42. The Morgan fingerprint density at radius 3 is 2.65 bits per heavy atom. The van der Waals surface area contributed by atoms with Crippen LogP contribution in [0.15, 0.2) is 34.7 Å². The summed E-state index contributed by atoms with van der Waals surface area (Å²) in [5.74, 6) is 2.66. The van der Waals surface area contributed by atoms with Crippen LogP contribution in [0.1, 0.15) is 44.4 Å². The lowest BCUT2D eigenvalue weighted by atomic mass is 10.0. The third-order valence-electron chi connectivity index (χ3n) is 5.29. The van der Waals surface area contributed by atoms with Gasteiger partial charge in [0.15, 0.2) is 0 Å². The van der Waals surface area contributed by atoms with Crippen molar-refractivity contribution in [3.05, 3.63) is 46.7 Å². The van der Waals surface area contributed by atoms with Crippen molar-refractivity contribution in [2.24, 2.45) is 5.92 Å². The second-order valence-corrected chi connectivity index (χ2v) is 8.32. The monoisotopic (exact) mass is 374 g/mol. The fraction of sp³-hybridized carbons (Fsp3) is 0.545. The van der Waals surface area contributed by atoms with Gasteiger partial charge in [-0.15, -0.1) is 0 Å². The average molecular weight is 375 g/mol. The minimum Gasteiger partial charge on any atom is -0.460 e. The summed E-state index contributed by atoms with van der Waals surface area (Å²) in [4.78, 5) is 2.60. The van der Waals surface area contributed by atoms with Gasteiger partial charge < -0.3 is 14.6 Å². The van der Waals surface area contributed by atoms with Gasteiger partial charge in [-0.05, 0) is 75.5 Å². The van der Waals surface area contributed by atoms with E-state index in [2.05, 4.69) is 36.2 Å². The lowest BCUT2D eigenvalue weighted by molar-refractivity contribution is 0.187. The van der Waals surface area contributed by atoms with Gasteiger partial charge in [0.2, 0.25) is 0 Å². The number of furan rings is 1. The summed E-state index contributed by atoms with van der Waals surface area (Å²) in [6, 6.07) is 10.8. The third kappa shape index (κ3) is 5.35. The van der Waals surface area contributed by atoms with Crippen molar-refractivity contribution in [3.8, 4) is 11.3 Å². The molecule has 1 saturated heterocycles. The van der Waals surface area contributed by atoms with Gasteiger partial charge in [0, 0.05) is 16.6 Å². The van der Waals surface area contributed by atoms with E-state index in [1.807, 2.05) is 25.1 Å². The largest absolute Gasteiger partial charge is 0.460 e. The maximum atomic E-state index is 6.23. The van der Waals surface area contributed by atoms with Crippen LogP contribution in [0.2, 0.25) is 5.02 Å². The van der Waals surface area contributed by atoms with Gasteiger partial charge in [-0.25, -0.2) is 0 Å². The Bertz CT molecular complexity index is 702. The van der Waals surface area contributed by atoms with Gasteiger partial charge >= 0.3 is 0 Å². The van der Waals surface area contributed by atoms with Crippen LogP contribution in [-0.4, -0.2) is 30.6 Å². The van der Waals surface area contributed by atoms with Crippen molar-refractivity contribution in [2.45, 2.75) is 52.6 Å². The van der Waals surface area contributed by atoms with Crippen LogP contribution in [-0.2, 0) is 6.54 Å². The van der Waals surface area contributed by atoms with E-state index in [4.69, 9.17) is 16.0 Å². The molecule has 2 heterocycles. The summed E-state index contributed by atoms with van der Waals surface area (Å²) >= 11 is 6.23. The van der Waals surface area contributed by atoms with E-state index in [1.165, 1.54) is 38.9 Å². The van der Waals surface area contributed by atoms with E-state index in [1.54, 1.807) is 0 Å². The van der Waals surface area contributed by atoms with Gasteiger partial charge in [0.05, 0.1) is 6.54 Å². The molecule has 0 bridgehead atoms. The Hall–Kier alpha value is -1.29. The third-order valence-corrected chi connectivity index (χ3v) is 5.70. The van der Waals surface area contributed by atoms with Gasteiger partial charge in [-0.3, -0.25) is 0 Å². The Morgan fingerprint density at radius 2 is 1.96 bits per heavy atom. The zero-order chi connectivity index (χ0) is 18.5. The predicted octanol–water partition coefficient (Wildman–Crippen LogP) is 5.51. The standard InChI is InChI=1S/C22H31ClN2O/c1-16(2)8-11-25-12-9-19(10-13-25)24-15-20-6-7-22(26-20)18-5-4-17(3)21(23)14-18/h4-7,14,16,19,24H,8-13,15H2,1-3H3. The molecule has 3 rings (SSSR count). The number of aryl methyl sites for hydroxylation is 1. The molecule has 0 amide bonds. The maximum Gasteiger partial charge on any atom is 0.134 e. The first-order valence-electron chi connectivity index (χ1n) is 9.82. The molecule has 1 aromatic heterocycles. The number of piperidine rings is 1. The molecule has 1 aliphatic heterocycles. The van der Waals surface area contributed by atoms with Crippen LogP contribution in [0.25, 0.3) is 11.3 Å². The van der Waals surface area contributed by atoms with Gasteiger partial charge in [0.1, 0.15) is 11.5 Å². The molecule has 1 N–H and O–H groups in total. The van der Waals surface area contributed by atoms with E-state index in [9.17, 15) is 0 Å². The number of benzene rings is 1. The molecule has 0 unspecified atom stereocenters. The van der Waals surface area contributed by atoms with Gasteiger partial charge in [0.25, 0.3) is 0 Å².